The highest BCUT2D eigenvalue weighted by atomic mass is 79.9. The van der Waals surface area contributed by atoms with Crippen LogP contribution in [0.4, 0.5) is 0 Å². The van der Waals surface area contributed by atoms with Crippen LogP contribution < -0.4 is 0 Å². The largest absolute Gasteiger partial charge is 0.232 e. The van der Waals surface area contributed by atoms with E-state index in [1.807, 2.05) is 17.5 Å². The summed E-state index contributed by atoms with van der Waals surface area (Å²) in [4.78, 5) is 9.84. The van der Waals surface area contributed by atoms with Crippen LogP contribution in [-0.4, -0.2) is 9.97 Å². The Kier molecular flexibility index (Phi) is 3.95. The molecule has 0 N–H and O–H groups in total. The Hall–Kier alpha value is -0.450. The van der Waals surface area contributed by atoms with E-state index >= 15 is 0 Å². The van der Waals surface area contributed by atoms with E-state index in [0.717, 1.165) is 38.9 Å². The molecule has 2 rings (SSSR count). The van der Waals surface area contributed by atoms with Gasteiger partial charge in [-0.15, -0.1) is 11.3 Å². The lowest BCUT2D eigenvalue weighted by Gasteiger charge is -2.03. The zero-order chi connectivity index (χ0) is 11.5. The Morgan fingerprint density at radius 1 is 1.44 bits per heavy atom. The van der Waals surface area contributed by atoms with Gasteiger partial charge in [0.15, 0.2) is 0 Å². The minimum atomic E-state index is 0.748. The van der Waals surface area contributed by atoms with Crippen LogP contribution in [0, 0.1) is 0 Å². The van der Waals surface area contributed by atoms with Crippen LogP contribution in [0.25, 0.3) is 10.6 Å². The van der Waals surface area contributed by atoms with Gasteiger partial charge >= 0.3 is 0 Å². The van der Waals surface area contributed by atoms with E-state index < -0.39 is 0 Å². The summed E-state index contributed by atoms with van der Waals surface area (Å²) in [6, 6.07) is 3.79. The molecule has 2 heterocycles. The first kappa shape index (κ1) is 12.0. The number of halogens is 2. The topological polar surface area (TPSA) is 25.8 Å². The zero-order valence-corrected chi connectivity index (χ0v) is 11.9. The number of hydrogen-bond donors (Lipinski definition) is 0. The van der Waals surface area contributed by atoms with Crippen LogP contribution in [-0.2, 0) is 6.42 Å². The minimum absolute atomic E-state index is 0.748. The maximum atomic E-state index is 6.09. The summed E-state index contributed by atoms with van der Waals surface area (Å²) in [5.41, 5.74) is 0.894. The summed E-state index contributed by atoms with van der Waals surface area (Å²) in [6.45, 7) is 2.11. The smallest absolute Gasteiger partial charge is 0.130 e. The molecular weight excluding hydrogens is 308 g/mol. The molecule has 0 atom stereocenters. The van der Waals surface area contributed by atoms with Crippen LogP contribution in [0.15, 0.2) is 22.1 Å². The van der Waals surface area contributed by atoms with E-state index in [1.54, 1.807) is 11.3 Å². The van der Waals surface area contributed by atoms with Crippen molar-refractivity contribution in [3.8, 4) is 10.6 Å². The summed E-state index contributed by atoms with van der Waals surface area (Å²) in [7, 11) is 0. The molecule has 0 bridgehead atoms. The Morgan fingerprint density at radius 2 is 2.25 bits per heavy atom. The third-order valence-corrected chi connectivity index (χ3v) is 3.83. The first-order valence-electron chi connectivity index (χ1n) is 4.97. The van der Waals surface area contributed by atoms with Crippen molar-refractivity contribution in [3.05, 3.63) is 33.0 Å². The second-order valence-corrected chi connectivity index (χ2v) is 5.48. The van der Waals surface area contributed by atoms with Gasteiger partial charge in [-0.05, 0) is 39.9 Å². The Morgan fingerprint density at radius 3 is 2.88 bits per heavy atom. The van der Waals surface area contributed by atoms with Gasteiger partial charge in [-0.3, -0.25) is 0 Å². The fourth-order valence-corrected chi connectivity index (χ4v) is 2.93. The SMILES string of the molecule is CCCc1nc(Br)cc(-c2sccc2Cl)n1. The van der Waals surface area contributed by atoms with Crippen LogP contribution in [0.3, 0.4) is 0 Å². The molecule has 0 unspecified atom stereocenters. The molecule has 84 valence electrons. The highest BCUT2D eigenvalue weighted by Gasteiger charge is 2.09. The fraction of sp³-hybridized carbons (Fsp3) is 0.273. The standard InChI is InChI=1S/C11H10BrClN2S/c1-2-3-10-14-8(6-9(12)15-10)11-7(13)4-5-16-11/h4-6H,2-3H2,1H3. The highest BCUT2D eigenvalue weighted by molar-refractivity contribution is 9.10. The number of aromatic nitrogens is 2. The van der Waals surface area contributed by atoms with E-state index in [-0.39, 0.29) is 0 Å². The van der Waals surface area contributed by atoms with Crippen LogP contribution in [0.2, 0.25) is 5.02 Å². The van der Waals surface area contributed by atoms with Crippen molar-refractivity contribution in [2.75, 3.05) is 0 Å². The van der Waals surface area contributed by atoms with E-state index in [2.05, 4.69) is 32.8 Å². The summed E-state index contributed by atoms with van der Waals surface area (Å²) >= 11 is 11.1. The highest BCUT2D eigenvalue weighted by Crippen LogP contribution is 2.32. The maximum Gasteiger partial charge on any atom is 0.130 e. The predicted octanol–water partition coefficient (Wildman–Crippen LogP) is 4.57. The molecule has 0 saturated heterocycles. The van der Waals surface area contributed by atoms with Crippen molar-refractivity contribution in [2.45, 2.75) is 19.8 Å². The van der Waals surface area contributed by atoms with Crippen molar-refractivity contribution < 1.29 is 0 Å². The molecule has 0 amide bonds. The fourth-order valence-electron chi connectivity index (χ4n) is 1.39. The third kappa shape index (κ3) is 2.62. The molecule has 0 radical (unpaired) electrons. The molecule has 2 aromatic rings. The zero-order valence-electron chi connectivity index (χ0n) is 8.70. The second-order valence-electron chi connectivity index (χ2n) is 3.34. The van der Waals surface area contributed by atoms with Gasteiger partial charge in [-0.25, -0.2) is 9.97 Å². The molecule has 5 heteroatoms. The van der Waals surface area contributed by atoms with Crippen LogP contribution in [0.1, 0.15) is 19.2 Å². The molecule has 16 heavy (non-hydrogen) atoms. The number of rotatable bonds is 3. The molecule has 0 fully saturated rings. The lowest BCUT2D eigenvalue weighted by molar-refractivity contribution is 0.831. The van der Waals surface area contributed by atoms with E-state index in [1.165, 1.54) is 0 Å². The average Bonchev–Trinajstić information content (AvgIpc) is 2.64. The predicted molar refractivity (Wildman–Crippen MR) is 72.1 cm³/mol. The molecule has 0 aliphatic rings. The van der Waals surface area contributed by atoms with Gasteiger partial charge in [0.05, 0.1) is 15.6 Å². The van der Waals surface area contributed by atoms with E-state index in [0.29, 0.717) is 0 Å². The minimum Gasteiger partial charge on any atom is -0.232 e. The van der Waals surface area contributed by atoms with Crippen molar-refractivity contribution in [1.82, 2.24) is 9.97 Å². The monoisotopic (exact) mass is 316 g/mol. The summed E-state index contributed by atoms with van der Waals surface area (Å²) < 4.78 is 0.811. The quantitative estimate of drug-likeness (QED) is 0.775. The van der Waals surface area contributed by atoms with Crippen molar-refractivity contribution in [3.63, 3.8) is 0 Å². The molecule has 0 saturated carbocycles. The summed E-state index contributed by atoms with van der Waals surface area (Å²) in [5, 5.41) is 2.71. The molecule has 0 aliphatic carbocycles. The van der Waals surface area contributed by atoms with E-state index in [4.69, 9.17) is 11.6 Å². The Balaban J connectivity index is 2.45. The maximum absolute atomic E-state index is 6.09. The molecule has 0 spiro atoms. The first-order valence-corrected chi connectivity index (χ1v) is 7.02. The third-order valence-electron chi connectivity index (χ3n) is 2.06. The average molecular weight is 318 g/mol. The number of nitrogens with zero attached hydrogens (tertiary/aromatic N) is 2. The van der Waals surface area contributed by atoms with Crippen LogP contribution >= 0.6 is 38.9 Å². The number of thiophene rings is 1. The van der Waals surface area contributed by atoms with Crippen molar-refractivity contribution >= 4 is 38.9 Å². The number of hydrogen-bond acceptors (Lipinski definition) is 3. The van der Waals surface area contributed by atoms with Gasteiger partial charge in [-0.1, -0.05) is 18.5 Å². The van der Waals surface area contributed by atoms with Crippen molar-refractivity contribution in [1.29, 1.82) is 0 Å². The van der Waals surface area contributed by atoms with Crippen molar-refractivity contribution in [2.24, 2.45) is 0 Å². The summed E-state index contributed by atoms with van der Waals surface area (Å²) in [5.74, 6) is 0.858. The van der Waals surface area contributed by atoms with Gasteiger partial charge < -0.3 is 0 Å². The molecular formula is C11H10BrClN2S. The normalized spacial score (nSPS) is 10.7. The molecule has 2 nitrogen and oxygen atoms in total. The van der Waals surface area contributed by atoms with Gasteiger partial charge in [0.25, 0.3) is 0 Å². The van der Waals surface area contributed by atoms with E-state index in [9.17, 15) is 0 Å². The molecule has 2 aromatic heterocycles. The van der Waals surface area contributed by atoms with Gasteiger partial charge in [0, 0.05) is 6.42 Å². The molecule has 0 aliphatic heterocycles. The summed E-state index contributed by atoms with van der Waals surface area (Å²) in [6.07, 6.45) is 1.92. The Labute approximate surface area is 112 Å². The lowest BCUT2D eigenvalue weighted by Crippen LogP contribution is -1.96. The van der Waals surface area contributed by atoms with Gasteiger partial charge in [0.2, 0.25) is 0 Å². The van der Waals surface area contributed by atoms with Crippen LogP contribution in [0.5, 0.6) is 0 Å². The second kappa shape index (κ2) is 5.25. The first-order chi connectivity index (χ1) is 7.70. The van der Waals surface area contributed by atoms with Gasteiger partial charge in [-0.2, -0.15) is 0 Å². The van der Waals surface area contributed by atoms with Gasteiger partial charge in [0.1, 0.15) is 10.4 Å². The Bertz CT molecular complexity index is 498. The molecule has 0 aromatic carbocycles. The number of aryl methyl sites for hydroxylation is 1. The lowest BCUT2D eigenvalue weighted by atomic mass is 10.3.